The second-order valence-corrected chi connectivity index (χ2v) is 12.2. The summed E-state index contributed by atoms with van der Waals surface area (Å²) in [5, 5.41) is 0. The van der Waals surface area contributed by atoms with Gasteiger partial charge in [0.15, 0.2) is 5.69 Å². The zero-order valence-electron chi connectivity index (χ0n) is 27.4. The predicted octanol–water partition coefficient (Wildman–Crippen LogP) is 7.64. The summed E-state index contributed by atoms with van der Waals surface area (Å²) in [7, 11) is 2.95. The normalized spacial score (nSPS) is 15.6. The lowest BCUT2D eigenvalue weighted by atomic mass is 9.96. The van der Waals surface area contributed by atoms with Crippen molar-refractivity contribution in [2.45, 2.75) is 51.9 Å². The fourth-order valence-electron chi connectivity index (χ4n) is 6.52. The summed E-state index contributed by atoms with van der Waals surface area (Å²) >= 11 is 0. The molecule has 4 bridgehead atoms. The minimum absolute atomic E-state index is 0.0630. The number of hydrogen-bond acceptors (Lipinski definition) is 7. The molecule has 0 aliphatic carbocycles. The van der Waals surface area contributed by atoms with Gasteiger partial charge in [0.1, 0.15) is 35.2 Å². The molecular weight excluding hydrogens is 606 g/mol. The van der Waals surface area contributed by atoms with E-state index in [0.29, 0.717) is 48.7 Å². The van der Waals surface area contributed by atoms with Gasteiger partial charge in [-0.15, -0.1) is 0 Å². The second kappa shape index (κ2) is 13.4. The lowest BCUT2D eigenvalue weighted by molar-refractivity contribution is -0.0589. The van der Waals surface area contributed by atoms with Crippen LogP contribution < -0.4 is 14.2 Å². The molecule has 3 heterocycles. The molecule has 1 fully saturated rings. The Labute approximate surface area is 279 Å². The molecule has 2 aliphatic heterocycles. The van der Waals surface area contributed by atoms with Gasteiger partial charge in [0.05, 0.1) is 51.1 Å². The van der Waals surface area contributed by atoms with Crippen LogP contribution in [-0.2, 0) is 35.5 Å². The maximum atomic E-state index is 12.6. The minimum Gasteiger partial charge on any atom is -0.494 e. The number of methoxy groups -OCH3 is 2. The van der Waals surface area contributed by atoms with Crippen molar-refractivity contribution < 1.29 is 28.5 Å². The van der Waals surface area contributed by atoms with Crippen LogP contribution in [0.15, 0.2) is 66.7 Å². The highest BCUT2D eigenvalue weighted by molar-refractivity contribution is 5.96. The first-order valence-corrected chi connectivity index (χ1v) is 16.2. The Kier molecular flexibility index (Phi) is 8.74. The van der Waals surface area contributed by atoms with Crippen molar-refractivity contribution in [1.29, 1.82) is 0 Å². The lowest BCUT2D eigenvalue weighted by Gasteiger charge is -2.27. The quantitative estimate of drug-likeness (QED) is 0.139. The van der Waals surface area contributed by atoms with Gasteiger partial charge in [0.2, 0.25) is 0 Å². The van der Waals surface area contributed by atoms with E-state index >= 15 is 0 Å². The van der Waals surface area contributed by atoms with Crippen molar-refractivity contribution in [2.75, 3.05) is 27.4 Å². The Morgan fingerprint density at radius 3 is 2.69 bits per heavy atom. The van der Waals surface area contributed by atoms with Crippen LogP contribution in [0.4, 0.5) is 5.69 Å². The molecule has 9 heteroatoms. The van der Waals surface area contributed by atoms with Crippen LogP contribution in [-0.4, -0.2) is 49.1 Å². The molecular formula is C39H37N3O6. The second-order valence-electron chi connectivity index (χ2n) is 12.2. The standard InChI is InChI=1S/C39H37N3O6/c1-24-15-28(20-37-41-38-34(42(37)22-32-12-14-46-32)18-29(39(43)45-4)19-36(38)44-3)35-21-33(24)26-7-5-9-31(17-26)48-23-27-10-11-30(40-2)16-25(27)8-6-13-47-35/h5,7,9-11,15-19,21,32H,6,8,12-14,20,22-23H2,1,3-4H3/t32-/m0/s1. The Morgan fingerprint density at radius 1 is 1.04 bits per heavy atom. The molecule has 1 saturated heterocycles. The van der Waals surface area contributed by atoms with Crippen LogP contribution in [0.2, 0.25) is 0 Å². The van der Waals surface area contributed by atoms with E-state index in [9.17, 15) is 4.79 Å². The number of imidazole rings is 1. The van der Waals surface area contributed by atoms with Crippen LogP contribution in [0.3, 0.4) is 0 Å². The van der Waals surface area contributed by atoms with Crippen LogP contribution in [0, 0.1) is 13.5 Å². The van der Waals surface area contributed by atoms with Crippen molar-refractivity contribution in [2.24, 2.45) is 0 Å². The molecule has 9 nitrogen and oxygen atoms in total. The zero-order valence-corrected chi connectivity index (χ0v) is 27.4. The predicted molar refractivity (Wildman–Crippen MR) is 182 cm³/mol. The first-order valence-electron chi connectivity index (χ1n) is 16.2. The highest BCUT2D eigenvalue weighted by Crippen LogP contribution is 2.36. The number of aromatic nitrogens is 2. The monoisotopic (exact) mass is 643 g/mol. The SMILES string of the molecule is [C-]#[N+]c1ccc2c(c1)CCCOc1cc(c(C)cc1Cc1nc3c(OC)cc(C(=O)OC)cc3n1C[C@@H]1CCO1)-c1cccc(c1)OC2. The summed E-state index contributed by atoms with van der Waals surface area (Å²) < 4.78 is 31.6. The number of aryl methyl sites for hydroxylation is 2. The fraction of sp³-hybridized carbons (Fsp3) is 0.308. The average molecular weight is 644 g/mol. The fourth-order valence-corrected chi connectivity index (χ4v) is 6.52. The molecule has 0 radical (unpaired) electrons. The third-order valence-electron chi connectivity index (χ3n) is 9.18. The summed E-state index contributed by atoms with van der Waals surface area (Å²) in [6.07, 6.45) is 3.05. The summed E-state index contributed by atoms with van der Waals surface area (Å²) in [6, 6.07) is 21.7. The number of carbonyl (C=O) groups is 1. The highest BCUT2D eigenvalue weighted by atomic mass is 16.5. The minimum atomic E-state index is -0.437. The van der Waals surface area contributed by atoms with Crippen molar-refractivity contribution in [3.8, 4) is 28.4 Å². The lowest BCUT2D eigenvalue weighted by Crippen LogP contribution is -2.31. The summed E-state index contributed by atoms with van der Waals surface area (Å²) in [5.74, 6) is 2.46. The topological polar surface area (TPSA) is 85.4 Å². The Hall–Kier alpha value is -5.33. The van der Waals surface area contributed by atoms with Gasteiger partial charge in [-0.25, -0.2) is 14.6 Å². The summed E-state index contributed by atoms with van der Waals surface area (Å²) in [4.78, 5) is 21.3. The van der Waals surface area contributed by atoms with Gasteiger partial charge in [-0.1, -0.05) is 42.0 Å². The molecule has 0 unspecified atom stereocenters. The van der Waals surface area contributed by atoms with Gasteiger partial charge >= 0.3 is 5.97 Å². The highest BCUT2D eigenvalue weighted by Gasteiger charge is 2.25. The average Bonchev–Trinajstić information content (AvgIpc) is 3.43. The molecule has 7 rings (SSSR count). The molecule has 5 aromatic rings. The van der Waals surface area contributed by atoms with E-state index in [-0.39, 0.29) is 6.10 Å². The van der Waals surface area contributed by atoms with E-state index in [1.807, 2.05) is 36.4 Å². The number of fused-ring (bicyclic) bond motifs is 7. The molecule has 0 N–H and O–H groups in total. The zero-order chi connectivity index (χ0) is 33.2. The molecule has 1 aromatic heterocycles. The molecule has 1 atom stereocenters. The number of hydrogen-bond donors (Lipinski definition) is 0. The number of esters is 1. The molecule has 2 aliphatic rings. The van der Waals surface area contributed by atoms with Gasteiger partial charge in [-0.2, -0.15) is 0 Å². The van der Waals surface area contributed by atoms with Gasteiger partial charge < -0.3 is 28.3 Å². The molecule has 48 heavy (non-hydrogen) atoms. The number of ether oxygens (including phenoxy) is 5. The van der Waals surface area contributed by atoms with Crippen LogP contribution in [0.1, 0.15) is 51.3 Å². The van der Waals surface area contributed by atoms with Crippen molar-refractivity contribution in [3.63, 3.8) is 0 Å². The van der Waals surface area contributed by atoms with Crippen LogP contribution in [0.25, 0.3) is 27.0 Å². The molecule has 4 aromatic carbocycles. The molecule has 0 saturated carbocycles. The van der Waals surface area contributed by atoms with Crippen molar-refractivity contribution in [3.05, 3.63) is 112 Å². The summed E-state index contributed by atoms with van der Waals surface area (Å²) in [6.45, 7) is 11.9. The largest absolute Gasteiger partial charge is 0.494 e. The van der Waals surface area contributed by atoms with E-state index in [2.05, 4.69) is 40.6 Å². The maximum absolute atomic E-state index is 12.6. The summed E-state index contributed by atoms with van der Waals surface area (Å²) in [5.41, 5.74) is 8.87. The van der Waals surface area contributed by atoms with E-state index < -0.39 is 5.97 Å². The van der Waals surface area contributed by atoms with Gasteiger partial charge in [-0.05, 0) is 78.8 Å². The third kappa shape index (κ3) is 6.19. The number of nitrogens with zero attached hydrogens (tertiary/aromatic N) is 3. The first-order chi connectivity index (χ1) is 23.4. The smallest absolute Gasteiger partial charge is 0.338 e. The number of benzene rings is 4. The van der Waals surface area contributed by atoms with E-state index in [1.165, 1.54) is 7.11 Å². The molecule has 244 valence electrons. The third-order valence-corrected chi connectivity index (χ3v) is 9.18. The van der Waals surface area contributed by atoms with Crippen molar-refractivity contribution in [1.82, 2.24) is 9.55 Å². The Balaban J connectivity index is 1.30. The van der Waals surface area contributed by atoms with E-state index in [1.54, 1.807) is 13.2 Å². The van der Waals surface area contributed by atoms with Crippen LogP contribution in [0.5, 0.6) is 17.2 Å². The Morgan fingerprint density at radius 2 is 1.92 bits per heavy atom. The number of rotatable bonds is 6. The first kappa shape index (κ1) is 31.3. The van der Waals surface area contributed by atoms with Gasteiger partial charge in [0.25, 0.3) is 0 Å². The number of carbonyl (C=O) groups excluding carboxylic acids is 1. The Bertz CT molecular complexity index is 2060. The van der Waals surface area contributed by atoms with Crippen molar-refractivity contribution >= 4 is 22.7 Å². The van der Waals surface area contributed by atoms with E-state index in [4.69, 9.17) is 35.2 Å². The molecule has 0 amide bonds. The van der Waals surface area contributed by atoms with Gasteiger partial charge in [0, 0.05) is 18.6 Å². The van der Waals surface area contributed by atoms with Crippen LogP contribution >= 0.6 is 0 Å². The van der Waals surface area contributed by atoms with Gasteiger partial charge in [-0.3, -0.25) is 0 Å². The molecule has 0 spiro atoms. The van der Waals surface area contributed by atoms with E-state index in [0.717, 1.165) is 82.1 Å². The maximum Gasteiger partial charge on any atom is 0.338 e.